The standard InChI is InChI=1S/C16H16ClN3O/c1-11(15(21)9-12-5-3-2-4-6-12)19-16-8-7-13(17)14(10-18)20-16/h2-8,11,15,21H,9H2,1H3,(H,19,20). The lowest BCUT2D eigenvalue weighted by atomic mass is 10.0. The first-order chi connectivity index (χ1) is 10.1. The van der Waals surface area contributed by atoms with Crippen molar-refractivity contribution < 1.29 is 5.11 Å². The van der Waals surface area contributed by atoms with E-state index in [4.69, 9.17) is 16.9 Å². The van der Waals surface area contributed by atoms with Gasteiger partial charge in [-0.2, -0.15) is 5.26 Å². The summed E-state index contributed by atoms with van der Waals surface area (Å²) in [6.07, 6.45) is -0.0105. The van der Waals surface area contributed by atoms with Crippen LogP contribution in [-0.4, -0.2) is 22.2 Å². The van der Waals surface area contributed by atoms with Gasteiger partial charge < -0.3 is 10.4 Å². The maximum Gasteiger partial charge on any atom is 0.161 e. The Morgan fingerprint density at radius 3 is 2.67 bits per heavy atom. The second kappa shape index (κ2) is 7.07. The maximum absolute atomic E-state index is 10.2. The third kappa shape index (κ3) is 4.19. The van der Waals surface area contributed by atoms with Crippen LogP contribution in [0.15, 0.2) is 42.5 Å². The number of nitriles is 1. The van der Waals surface area contributed by atoms with Crippen LogP contribution in [0, 0.1) is 11.3 Å². The lowest BCUT2D eigenvalue weighted by molar-refractivity contribution is 0.158. The Morgan fingerprint density at radius 1 is 1.29 bits per heavy atom. The molecule has 1 aromatic carbocycles. The van der Waals surface area contributed by atoms with E-state index in [9.17, 15) is 5.11 Å². The largest absolute Gasteiger partial charge is 0.391 e. The number of hydrogen-bond donors (Lipinski definition) is 2. The third-order valence-electron chi connectivity index (χ3n) is 3.19. The van der Waals surface area contributed by atoms with Gasteiger partial charge in [0.2, 0.25) is 0 Å². The van der Waals surface area contributed by atoms with Crippen LogP contribution in [0.3, 0.4) is 0 Å². The summed E-state index contributed by atoms with van der Waals surface area (Å²) in [5, 5.41) is 22.6. The molecule has 0 bridgehead atoms. The molecule has 0 aliphatic rings. The van der Waals surface area contributed by atoms with Gasteiger partial charge in [-0.1, -0.05) is 41.9 Å². The Balaban J connectivity index is 2.01. The second-order valence-corrected chi connectivity index (χ2v) is 5.24. The lowest BCUT2D eigenvalue weighted by Gasteiger charge is -2.21. The van der Waals surface area contributed by atoms with Crippen molar-refractivity contribution in [1.82, 2.24) is 4.98 Å². The summed E-state index contributed by atoms with van der Waals surface area (Å²) < 4.78 is 0. The molecule has 0 spiro atoms. The van der Waals surface area contributed by atoms with Crippen LogP contribution in [0.25, 0.3) is 0 Å². The first-order valence-electron chi connectivity index (χ1n) is 6.65. The first kappa shape index (κ1) is 15.3. The number of halogens is 1. The fourth-order valence-corrected chi connectivity index (χ4v) is 2.11. The zero-order chi connectivity index (χ0) is 15.2. The zero-order valence-corrected chi connectivity index (χ0v) is 12.4. The van der Waals surface area contributed by atoms with E-state index in [0.717, 1.165) is 5.56 Å². The van der Waals surface area contributed by atoms with Crippen LogP contribution in [0.4, 0.5) is 5.82 Å². The quantitative estimate of drug-likeness (QED) is 0.890. The Labute approximate surface area is 129 Å². The number of nitrogens with zero attached hydrogens (tertiary/aromatic N) is 2. The van der Waals surface area contributed by atoms with E-state index in [2.05, 4.69) is 10.3 Å². The highest BCUT2D eigenvalue weighted by atomic mass is 35.5. The molecule has 4 nitrogen and oxygen atoms in total. The Hall–Kier alpha value is -2.09. The predicted octanol–water partition coefficient (Wildman–Crippen LogP) is 3.01. The second-order valence-electron chi connectivity index (χ2n) is 4.83. The minimum atomic E-state index is -0.560. The summed E-state index contributed by atoms with van der Waals surface area (Å²) in [6, 6.07) is 14.8. The molecule has 0 fully saturated rings. The summed E-state index contributed by atoms with van der Waals surface area (Å²) in [5.41, 5.74) is 1.24. The maximum atomic E-state index is 10.2. The highest BCUT2D eigenvalue weighted by molar-refractivity contribution is 6.31. The van der Waals surface area contributed by atoms with Gasteiger partial charge in [-0.25, -0.2) is 4.98 Å². The number of rotatable bonds is 5. The molecule has 0 aliphatic heterocycles. The van der Waals surface area contributed by atoms with Crippen LogP contribution in [-0.2, 0) is 6.42 Å². The number of pyridine rings is 1. The molecule has 1 heterocycles. The van der Waals surface area contributed by atoms with Crippen molar-refractivity contribution in [2.75, 3.05) is 5.32 Å². The predicted molar refractivity (Wildman–Crippen MR) is 83.2 cm³/mol. The van der Waals surface area contributed by atoms with Crippen molar-refractivity contribution in [1.29, 1.82) is 5.26 Å². The summed E-state index contributed by atoms with van der Waals surface area (Å²) in [4.78, 5) is 4.10. The van der Waals surface area contributed by atoms with Gasteiger partial charge in [0.05, 0.1) is 17.2 Å². The molecule has 2 atom stereocenters. The van der Waals surface area contributed by atoms with E-state index >= 15 is 0 Å². The number of anilines is 1. The number of aliphatic hydroxyl groups is 1. The Bertz CT molecular complexity index is 640. The van der Waals surface area contributed by atoms with Crippen LogP contribution in [0.2, 0.25) is 5.02 Å². The van der Waals surface area contributed by atoms with Crippen LogP contribution < -0.4 is 5.32 Å². The van der Waals surface area contributed by atoms with E-state index in [-0.39, 0.29) is 11.7 Å². The number of aromatic nitrogens is 1. The molecule has 1 aromatic heterocycles. The zero-order valence-electron chi connectivity index (χ0n) is 11.6. The average Bonchev–Trinajstić information content (AvgIpc) is 2.50. The molecule has 2 aromatic rings. The average molecular weight is 302 g/mol. The molecule has 108 valence electrons. The van der Waals surface area contributed by atoms with Gasteiger partial charge in [0.25, 0.3) is 0 Å². The summed E-state index contributed by atoms with van der Waals surface area (Å²) in [7, 11) is 0. The summed E-state index contributed by atoms with van der Waals surface area (Å²) >= 11 is 5.84. The molecule has 21 heavy (non-hydrogen) atoms. The molecule has 2 unspecified atom stereocenters. The molecular weight excluding hydrogens is 286 g/mol. The van der Waals surface area contributed by atoms with E-state index in [0.29, 0.717) is 17.3 Å². The van der Waals surface area contributed by atoms with Gasteiger partial charge in [-0.05, 0) is 24.6 Å². The van der Waals surface area contributed by atoms with Crippen LogP contribution >= 0.6 is 11.6 Å². The molecule has 0 aliphatic carbocycles. The third-order valence-corrected chi connectivity index (χ3v) is 3.50. The minimum Gasteiger partial charge on any atom is -0.391 e. The number of nitrogens with one attached hydrogen (secondary N) is 1. The van der Waals surface area contributed by atoms with E-state index in [1.54, 1.807) is 12.1 Å². The van der Waals surface area contributed by atoms with Gasteiger partial charge in [-0.3, -0.25) is 0 Å². The van der Waals surface area contributed by atoms with Crippen molar-refractivity contribution >= 4 is 17.4 Å². The van der Waals surface area contributed by atoms with E-state index < -0.39 is 6.10 Å². The number of aliphatic hydroxyl groups excluding tert-OH is 1. The topological polar surface area (TPSA) is 68.9 Å². The first-order valence-corrected chi connectivity index (χ1v) is 7.03. The van der Waals surface area contributed by atoms with Crippen molar-refractivity contribution in [3.63, 3.8) is 0 Å². The fraction of sp³-hybridized carbons (Fsp3) is 0.250. The molecule has 0 saturated heterocycles. The fourth-order valence-electron chi connectivity index (χ4n) is 1.96. The molecule has 2 rings (SSSR count). The van der Waals surface area contributed by atoms with Crippen molar-refractivity contribution in [3.8, 4) is 6.07 Å². The van der Waals surface area contributed by atoms with Gasteiger partial charge in [0, 0.05) is 6.42 Å². The number of hydrogen-bond acceptors (Lipinski definition) is 4. The molecule has 0 radical (unpaired) electrons. The van der Waals surface area contributed by atoms with Crippen molar-refractivity contribution in [2.24, 2.45) is 0 Å². The Kier molecular flexibility index (Phi) is 5.15. The van der Waals surface area contributed by atoms with Gasteiger partial charge >= 0.3 is 0 Å². The molecule has 5 heteroatoms. The normalized spacial score (nSPS) is 13.2. The highest BCUT2D eigenvalue weighted by Crippen LogP contribution is 2.17. The molecule has 0 amide bonds. The minimum absolute atomic E-state index is 0.173. The number of benzene rings is 1. The monoisotopic (exact) mass is 301 g/mol. The van der Waals surface area contributed by atoms with Crippen molar-refractivity contribution in [3.05, 3.63) is 58.7 Å². The highest BCUT2D eigenvalue weighted by Gasteiger charge is 2.15. The molecular formula is C16H16ClN3O. The van der Waals surface area contributed by atoms with Gasteiger partial charge in [0.15, 0.2) is 5.69 Å². The van der Waals surface area contributed by atoms with E-state index in [1.165, 1.54) is 0 Å². The summed E-state index contributed by atoms with van der Waals surface area (Å²) in [6.45, 7) is 1.87. The van der Waals surface area contributed by atoms with E-state index in [1.807, 2.05) is 43.3 Å². The van der Waals surface area contributed by atoms with Gasteiger partial charge in [0.1, 0.15) is 11.9 Å². The van der Waals surface area contributed by atoms with Crippen LogP contribution in [0.5, 0.6) is 0 Å². The van der Waals surface area contributed by atoms with Crippen LogP contribution in [0.1, 0.15) is 18.2 Å². The molecule has 2 N–H and O–H groups in total. The summed E-state index contributed by atoms with van der Waals surface area (Å²) in [5.74, 6) is 0.524. The van der Waals surface area contributed by atoms with Gasteiger partial charge in [-0.15, -0.1) is 0 Å². The molecule has 0 saturated carbocycles. The SMILES string of the molecule is CC(Nc1ccc(Cl)c(C#N)n1)C(O)Cc1ccccc1. The smallest absolute Gasteiger partial charge is 0.161 e. The van der Waals surface area contributed by atoms with Crippen molar-refractivity contribution in [2.45, 2.75) is 25.5 Å². The lowest BCUT2D eigenvalue weighted by Crippen LogP contribution is -2.32. The Morgan fingerprint density at radius 2 is 2.00 bits per heavy atom.